The van der Waals surface area contributed by atoms with Gasteiger partial charge in [-0.2, -0.15) is 0 Å². The number of carbonyl (C=O) groups excluding carboxylic acids is 2. The van der Waals surface area contributed by atoms with Crippen molar-refractivity contribution in [1.82, 2.24) is 5.32 Å². The first-order chi connectivity index (χ1) is 36.7. The highest BCUT2D eigenvalue weighted by Gasteiger charge is 2.47. The monoisotopic (exact) mass is 1050 g/mol. The molecule has 1 aliphatic heterocycles. The van der Waals surface area contributed by atoms with Gasteiger partial charge in [-0.1, -0.05) is 214 Å². The van der Waals surface area contributed by atoms with Crippen molar-refractivity contribution in [1.29, 1.82) is 0 Å². The molecule has 1 rings (SSSR count). The summed E-state index contributed by atoms with van der Waals surface area (Å²) in [6, 6.07) is -1.05. The number of rotatable bonds is 48. The molecule has 0 saturated carbocycles. The number of hydrogen-bond donors (Lipinski definition) is 6. The summed E-state index contributed by atoms with van der Waals surface area (Å²) >= 11 is 0. The molecule has 0 radical (unpaired) electrons. The Morgan fingerprint density at radius 2 is 0.960 bits per heavy atom. The van der Waals surface area contributed by atoms with Crippen LogP contribution >= 0.6 is 0 Å². The molecule has 1 heterocycles. The van der Waals surface area contributed by atoms with Crippen LogP contribution in [-0.2, 0) is 23.8 Å². The molecule has 8 unspecified atom stereocenters. The first-order valence-electron chi connectivity index (χ1n) is 29.7. The van der Waals surface area contributed by atoms with Gasteiger partial charge in [0.1, 0.15) is 24.4 Å². The van der Waals surface area contributed by atoms with Crippen LogP contribution in [0.4, 0.5) is 0 Å². The van der Waals surface area contributed by atoms with Gasteiger partial charge in [-0.05, 0) is 109 Å². The maximum atomic E-state index is 13.4. The van der Waals surface area contributed by atoms with Crippen LogP contribution in [0.3, 0.4) is 0 Å². The second kappa shape index (κ2) is 51.1. The van der Waals surface area contributed by atoms with E-state index >= 15 is 0 Å². The second-order valence-electron chi connectivity index (χ2n) is 20.0. The second-order valence-corrected chi connectivity index (χ2v) is 20.0. The number of aliphatic hydroxyl groups is 5. The molecule has 6 N–H and O–H groups in total. The number of aliphatic hydroxyl groups excluding tert-OH is 5. The largest absolute Gasteiger partial charge is 0.454 e. The number of allylic oxidation sites excluding steroid dienone is 17. The Morgan fingerprint density at radius 3 is 1.47 bits per heavy atom. The summed E-state index contributed by atoms with van der Waals surface area (Å²) < 4.78 is 17.5. The molecule has 0 aromatic rings. The van der Waals surface area contributed by atoms with E-state index in [0.717, 1.165) is 116 Å². The van der Waals surface area contributed by atoms with Crippen molar-refractivity contribution in [2.45, 2.75) is 269 Å². The number of unbranched alkanes of at least 4 members (excludes halogenated alkanes) is 18. The SMILES string of the molecule is CC/C=C\C/C=C\C/C=C\C/C=C\C/C=C\CCCCCC(=O)OC1C(OCC(NC(=O)C(O)CCCCC/C=C\C/C=C\C/C=C\CCCCC)C(O)/C=C/CCCCCCCCCCC)OC(CO)C(O)C1O. The molecule has 8 atom stereocenters. The first kappa shape index (κ1) is 69.3. The fourth-order valence-corrected chi connectivity index (χ4v) is 8.45. The zero-order valence-electron chi connectivity index (χ0n) is 47.1. The highest BCUT2D eigenvalue weighted by atomic mass is 16.7. The number of esters is 1. The summed E-state index contributed by atoms with van der Waals surface area (Å²) in [4.78, 5) is 26.5. The summed E-state index contributed by atoms with van der Waals surface area (Å²) in [6.07, 6.45) is 58.4. The van der Waals surface area contributed by atoms with E-state index in [0.29, 0.717) is 12.8 Å². The van der Waals surface area contributed by atoms with E-state index in [4.69, 9.17) is 14.2 Å². The minimum Gasteiger partial charge on any atom is -0.454 e. The molecule has 0 bridgehead atoms. The highest BCUT2D eigenvalue weighted by molar-refractivity contribution is 5.80. The Kier molecular flexibility index (Phi) is 47.2. The van der Waals surface area contributed by atoms with Crippen molar-refractivity contribution < 1.29 is 49.3 Å². The molecule has 75 heavy (non-hydrogen) atoms. The Hall–Kier alpha value is -3.68. The third-order valence-corrected chi connectivity index (χ3v) is 13.2. The maximum absolute atomic E-state index is 13.4. The zero-order valence-corrected chi connectivity index (χ0v) is 47.1. The molecular formula is C64H107NO10. The molecule has 0 aliphatic carbocycles. The smallest absolute Gasteiger partial charge is 0.306 e. The van der Waals surface area contributed by atoms with Crippen molar-refractivity contribution >= 4 is 11.9 Å². The van der Waals surface area contributed by atoms with Gasteiger partial charge in [-0.3, -0.25) is 9.59 Å². The van der Waals surface area contributed by atoms with Crippen LogP contribution in [0.15, 0.2) is 109 Å². The standard InChI is InChI=1S/C64H107NO10/c1-4-7-10-13-16-19-22-24-26-28-29-30-32-34-37-40-43-46-49-52-59(69)75-62-61(71)60(70)58(53-66)74-64(62)73-54-55(56(67)50-47-44-41-38-35-21-18-15-12-9-6-3)65-63(72)57(68)51-48-45-42-39-36-33-31-27-25-23-20-17-14-11-8-5-2/h7,10,16-17,19-20,24-27,29-30,33-34,36-37,47,50,55-58,60-62,64,66-68,70-71H,4-6,8-9,11-15,18,21-23,28,31-32,35,38-46,48-49,51-54H2,1-3H3,(H,65,72)/b10-7-,19-16-,20-17-,26-24-,27-25-,30-29-,36-33-,37-34-,50-47+. The molecule has 1 saturated heterocycles. The summed E-state index contributed by atoms with van der Waals surface area (Å²) in [7, 11) is 0. The van der Waals surface area contributed by atoms with Crippen molar-refractivity contribution in [2.75, 3.05) is 13.2 Å². The Bertz CT molecular complexity index is 1630. The lowest BCUT2D eigenvalue weighted by Gasteiger charge is -2.41. The van der Waals surface area contributed by atoms with E-state index < -0.39 is 67.4 Å². The molecule has 0 aromatic carbocycles. The van der Waals surface area contributed by atoms with Gasteiger partial charge >= 0.3 is 5.97 Å². The molecule has 11 heteroatoms. The van der Waals surface area contributed by atoms with E-state index in [1.165, 1.54) is 57.8 Å². The van der Waals surface area contributed by atoms with Gasteiger partial charge in [0.05, 0.1) is 25.4 Å². The topological polar surface area (TPSA) is 175 Å². The van der Waals surface area contributed by atoms with Crippen LogP contribution in [0.25, 0.3) is 0 Å². The number of ether oxygens (including phenoxy) is 3. The summed E-state index contributed by atoms with van der Waals surface area (Å²) in [6.45, 7) is 5.58. The third kappa shape index (κ3) is 39.4. The lowest BCUT2D eigenvalue weighted by atomic mass is 9.99. The van der Waals surface area contributed by atoms with Crippen LogP contribution in [0.5, 0.6) is 0 Å². The first-order valence-corrected chi connectivity index (χ1v) is 29.7. The highest BCUT2D eigenvalue weighted by Crippen LogP contribution is 2.26. The summed E-state index contributed by atoms with van der Waals surface area (Å²) in [5.74, 6) is -1.26. The lowest BCUT2D eigenvalue weighted by Crippen LogP contribution is -2.61. The van der Waals surface area contributed by atoms with Crippen LogP contribution < -0.4 is 5.32 Å². The van der Waals surface area contributed by atoms with Crippen molar-refractivity contribution in [3.05, 3.63) is 109 Å². The molecule has 11 nitrogen and oxygen atoms in total. The fourth-order valence-electron chi connectivity index (χ4n) is 8.45. The van der Waals surface area contributed by atoms with E-state index in [2.05, 4.69) is 123 Å². The van der Waals surface area contributed by atoms with Gasteiger partial charge in [0, 0.05) is 6.42 Å². The van der Waals surface area contributed by atoms with Gasteiger partial charge in [0.25, 0.3) is 0 Å². The minimum atomic E-state index is -1.64. The molecule has 428 valence electrons. The minimum absolute atomic E-state index is 0.0754. The summed E-state index contributed by atoms with van der Waals surface area (Å²) in [5.41, 5.74) is 0. The Balaban J connectivity index is 2.74. The molecule has 1 fully saturated rings. The van der Waals surface area contributed by atoms with Crippen LogP contribution in [-0.4, -0.2) is 99.6 Å². The van der Waals surface area contributed by atoms with Crippen molar-refractivity contribution in [2.24, 2.45) is 0 Å². The predicted octanol–water partition coefficient (Wildman–Crippen LogP) is 13.7. The quantitative estimate of drug-likeness (QED) is 0.0195. The number of hydrogen-bond acceptors (Lipinski definition) is 10. The number of nitrogens with one attached hydrogen (secondary N) is 1. The van der Waals surface area contributed by atoms with Gasteiger partial charge in [0.15, 0.2) is 12.4 Å². The molecule has 1 amide bonds. The van der Waals surface area contributed by atoms with Crippen molar-refractivity contribution in [3.63, 3.8) is 0 Å². The van der Waals surface area contributed by atoms with Crippen molar-refractivity contribution in [3.8, 4) is 0 Å². The van der Waals surface area contributed by atoms with Gasteiger partial charge < -0.3 is 45.1 Å². The Morgan fingerprint density at radius 1 is 0.533 bits per heavy atom. The average molecular weight is 1050 g/mol. The zero-order chi connectivity index (χ0) is 54.7. The van der Waals surface area contributed by atoms with Gasteiger partial charge in [0.2, 0.25) is 5.91 Å². The summed E-state index contributed by atoms with van der Waals surface area (Å²) in [5, 5.41) is 56.8. The van der Waals surface area contributed by atoms with E-state index in [9.17, 15) is 35.1 Å². The lowest BCUT2D eigenvalue weighted by molar-refractivity contribution is -0.305. The average Bonchev–Trinajstić information content (AvgIpc) is 3.41. The number of carbonyl (C=O) groups is 2. The molecular weight excluding hydrogens is 943 g/mol. The van der Waals surface area contributed by atoms with Crippen LogP contribution in [0.2, 0.25) is 0 Å². The normalized spacial score (nSPS) is 20.0. The number of amides is 1. The van der Waals surface area contributed by atoms with Gasteiger partial charge in [-0.15, -0.1) is 0 Å². The molecule has 1 aliphatic rings. The molecule has 0 aromatic heterocycles. The van der Waals surface area contributed by atoms with E-state index in [1.807, 2.05) is 6.08 Å². The molecule has 0 spiro atoms. The fraction of sp³-hybridized carbons (Fsp3) is 0.688. The predicted molar refractivity (Wildman–Crippen MR) is 310 cm³/mol. The maximum Gasteiger partial charge on any atom is 0.306 e. The Labute approximate surface area is 456 Å². The van der Waals surface area contributed by atoms with E-state index in [-0.39, 0.29) is 19.4 Å². The van der Waals surface area contributed by atoms with Gasteiger partial charge in [-0.25, -0.2) is 0 Å². The van der Waals surface area contributed by atoms with Crippen LogP contribution in [0.1, 0.15) is 220 Å². The van der Waals surface area contributed by atoms with E-state index in [1.54, 1.807) is 6.08 Å². The third-order valence-electron chi connectivity index (χ3n) is 13.2. The van der Waals surface area contributed by atoms with Crippen LogP contribution in [0, 0.1) is 0 Å².